The van der Waals surface area contributed by atoms with Crippen LogP contribution in [0.1, 0.15) is 136 Å². The first-order chi connectivity index (χ1) is 44.6. The Hall–Kier alpha value is -10.6. The van der Waals surface area contributed by atoms with Crippen molar-refractivity contribution in [2.45, 2.75) is 117 Å². The number of hydrogen-bond donors (Lipinski definition) is 6. The van der Waals surface area contributed by atoms with Crippen LogP contribution in [0.3, 0.4) is 0 Å². The molecule has 6 aromatic rings. The fourth-order valence-electron chi connectivity index (χ4n) is 13.6. The average molecular weight is 1290 g/mol. The fraction of sp³-hybridized carbons (Fsp3) is 0.418. The Morgan fingerprint density at radius 3 is 1.05 bits per heavy atom. The highest BCUT2D eigenvalue weighted by Crippen LogP contribution is 2.57. The summed E-state index contributed by atoms with van der Waals surface area (Å²) in [6.07, 6.45) is 1.03. The van der Waals surface area contributed by atoms with Crippen LogP contribution in [-0.2, 0) is 14.4 Å². The molecule has 6 amide bonds. The molecule has 12 rings (SSSR count). The Morgan fingerprint density at radius 2 is 0.798 bits per heavy atom. The number of nitrogen functional groups attached to an aromatic ring is 3. The van der Waals surface area contributed by atoms with Crippen molar-refractivity contribution in [2.24, 2.45) is 33.4 Å². The number of ether oxygens (including phenoxy) is 3. The maximum absolute atomic E-state index is 12.4. The zero-order valence-electron chi connectivity index (χ0n) is 52.9. The number of carbonyl (C=O) groups excluding carboxylic acids is 6. The average Bonchev–Trinajstić information content (AvgIpc) is 1.33. The van der Waals surface area contributed by atoms with Gasteiger partial charge in [0.25, 0.3) is 35.4 Å². The molecule has 492 valence electrons. The van der Waals surface area contributed by atoms with E-state index in [0.29, 0.717) is 62.8 Å². The van der Waals surface area contributed by atoms with Gasteiger partial charge >= 0.3 is 6.36 Å². The molecule has 0 radical (unpaired) electrons. The lowest BCUT2D eigenvalue weighted by atomic mass is 9.60. The summed E-state index contributed by atoms with van der Waals surface area (Å²) in [5.74, 6) is 14.9. The third kappa shape index (κ3) is 13.5. The number of halogens is 3. The van der Waals surface area contributed by atoms with Crippen molar-refractivity contribution < 1.29 is 56.1 Å². The van der Waals surface area contributed by atoms with Crippen molar-refractivity contribution in [2.75, 3.05) is 63.1 Å². The lowest BCUT2D eigenvalue weighted by Crippen LogP contribution is -2.63. The molecule has 6 fully saturated rings. The number of amides is 6. The van der Waals surface area contributed by atoms with Crippen molar-refractivity contribution in [3.63, 3.8) is 0 Å². The molecular weight excluding hydrogens is 1220 g/mol. The first kappa shape index (κ1) is 66.3. The van der Waals surface area contributed by atoms with E-state index in [0.717, 1.165) is 79.7 Å². The standard InChI is InChI=1S/2C23H27N5O3.C21H20F3N5O3/c1-4-5-18(29)27-12-23(13-27)10-16(11-23)28-21(24)19(22(25)30)20(26-28)15-6-8-17(9-7-15)31-14(2)3;1-3-5-18(29)27-13-23(14-27)11-16(12-23)28-21(24)19(22(25)30)20(26-28)15-6-8-17(9-7-15)31-10-4-2;1-2-3-15(30)28-10-20(11-28)8-13(9-20)29-18(25)16(19(26)31)17(27-29)12-4-6-14(7-5-12)32-21(22,23)24/h6-9,14,16H,10-13,24H2,1-3H3,(H2,25,30);6-9,16H,4,10-14,24H2,1-2H3,(H2,25,30);4-7,13H,8-11,25H2,1H3,(H2,26,31). The van der Waals surface area contributed by atoms with Gasteiger partial charge in [-0.05, 0) is 170 Å². The van der Waals surface area contributed by atoms with E-state index in [-0.39, 0.29) is 98.0 Å². The second kappa shape index (κ2) is 26.2. The number of anilines is 3. The molecule has 0 unspecified atom stereocenters. The summed E-state index contributed by atoms with van der Waals surface area (Å²) in [4.78, 5) is 77.1. The van der Waals surface area contributed by atoms with Crippen LogP contribution in [0, 0.1) is 51.8 Å². The number of benzene rings is 3. The van der Waals surface area contributed by atoms with Crippen LogP contribution in [-0.4, -0.2) is 138 Å². The van der Waals surface area contributed by atoms with E-state index in [2.05, 4.69) is 55.6 Å². The number of hydrogen-bond acceptors (Lipinski definition) is 15. The minimum absolute atomic E-state index is 0.0130. The molecule has 3 spiro atoms. The minimum Gasteiger partial charge on any atom is -0.494 e. The van der Waals surface area contributed by atoms with Gasteiger partial charge in [0, 0.05) is 72.2 Å². The van der Waals surface area contributed by atoms with Crippen molar-refractivity contribution in [1.29, 1.82) is 0 Å². The fourth-order valence-corrected chi connectivity index (χ4v) is 13.6. The van der Waals surface area contributed by atoms with Gasteiger partial charge in [0.1, 0.15) is 68.5 Å². The second-order valence-electron chi connectivity index (χ2n) is 25.2. The van der Waals surface area contributed by atoms with Crippen LogP contribution in [0.2, 0.25) is 0 Å². The number of nitrogens with two attached hydrogens (primary N) is 6. The summed E-state index contributed by atoms with van der Waals surface area (Å²) >= 11 is 0. The summed E-state index contributed by atoms with van der Waals surface area (Å²) < 4.78 is 57.3. The first-order valence-electron chi connectivity index (χ1n) is 30.7. The van der Waals surface area contributed by atoms with Crippen molar-refractivity contribution >= 4 is 52.9 Å². The van der Waals surface area contributed by atoms with Crippen LogP contribution in [0.4, 0.5) is 30.6 Å². The number of carbonyl (C=O) groups is 6. The monoisotopic (exact) mass is 1290 g/mol. The lowest BCUT2D eigenvalue weighted by Gasteiger charge is -2.58. The van der Waals surface area contributed by atoms with Crippen LogP contribution in [0.25, 0.3) is 33.8 Å². The molecule has 3 aliphatic carbocycles. The highest BCUT2D eigenvalue weighted by molar-refractivity contribution is 6.05. The van der Waals surface area contributed by atoms with Gasteiger partial charge in [-0.2, -0.15) is 15.3 Å². The lowest BCUT2D eigenvalue weighted by molar-refractivity contribution is -0.274. The molecule has 27 heteroatoms. The van der Waals surface area contributed by atoms with Crippen LogP contribution >= 0.6 is 0 Å². The highest BCUT2D eigenvalue weighted by Gasteiger charge is 2.57. The predicted octanol–water partition coefficient (Wildman–Crippen LogP) is 6.73. The molecule has 3 aromatic carbocycles. The summed E-state index contributed by atoms with van der Waals surface area (Å²) in [5.41, 5.74) is 39.3. The van der Waals surface area contributed by atoms with E-state index >= 15 is 0 Å². The minimum atomic E-state index is -4.81. The maximum Gasteiger partial charge on any atom is 0.573 e. The number of primary amides is 3. The normalized spacial score (nSPS) is 17.0. The van der Waals surface area contributed by atoms with Gasteiger partial charge in [0.2, 0.25) is 0 Å². The Labute approximate surface area is 540 Å². The van der Waals surface area contributed by atoms with Crippen LogP contribution in [0.15, 0.2) is 72.8 Å². The molecule has 3 saturated heterocycles. The molecule has 3 saturated carbocycles. The van der Waals surface area contributed by atoms with E-state index in [9.17, 15) is 41.9 Å². The zero-order chi connectivity index (χ0) is 67.8. The topological polar surface area (TPSA) is 349 Å². The molecule has 6 heterocycles. The van der Waals surface area contributed by atoms with Crippen molar-refractivity contribution in [1.82, 2.24) is 44.0 Å². The molecule has 0 atom stereocenters. The number of nitrogens with zero attached hydrogens (tertiary/aromatic N) is 9. The Balaban J connectivity index is 0.000000154. The maximum atomic E-state index is 12.4. The van der Waals surface area contributed by atoms with Gasteiger partial charge in [-0.25, -0.2) is 14.0 Å². The molecule has 3 aromatic heterocycles. The number of likely N-dealkylation sites (tertiary alicyclic amines) is 3. The third-order valence-electron chi connectivity index (χ3n) is 17.8. The van der Waals surface area contributed by atoms with Gasteiger partial charge < -0.3 is 63.3 Å². The Morgan fingerprint density at radius 1 is 0.511 bits per heavy atom. The van der Waals surface area contributed by atoms with Crippen LogP contribution in [0.5, 0.6) is 17.2 Å². The van der Waals surface area contributed by atoms with Crippen molar-refractivity contribution in [3.05, 3.63) is 89.5 Å². The quantitative estimate of drug-likeness (QED) is 0.0581. The van der Waals surface area contributed by atoms with Crippen molar-refractivity contribution in [3.8, 4) is 86.5 Å². The molecule has 6 aliphatic rings. The highest BCUT2D eigenvalue weighted by atomic mass is 19.4. The predicted molar refractivity (Wildman–Crippen MR) is 342 cm³/mol. The molecule has 3 aliphatic heterocycles. The molecule has 0 bridgehead atoms. The largest absolute Gasteiger partial charge is 0.573 e. The summed E-state index contributed by atoms with van der Waals surface area (Å²) in [7, 11) is 0. The van der Waals surface area contributed by atoms with E-state index in [4.69, 9.17) is 43.9 Å². The second-order valence-corrected chi connectivity index (χ2v) is 25.2. The van der Waals surface area contributed by atoms with Crippen LogP contribution < -0.4 is 48.6 Å². The Kier molecular flexibility index (Phi) is 18.5. The summed E-state index contributed by atoms with van der Waals surface area (Å²) in [6, 6.07) is 19.8. The number of aromatic nitrogens is 6. The number of rotatable bonds is 15. The summed E-state index contributed by atoms with van der Waals surface area (Å²) in [6.45, 7) is 15.6. The van der Waals surface area contributed by atoms with E-state index in [1.807, 2.05) is 69.3 Å². The van der Waals surface area contributed by atoms with Gasteiger partial charge in [-0.3, -0.25) is 28.8 Å². The third-order valence-corrected chi connectivity index (χ3v) is 17.8. The van der Waals surface area contributed by atoms with Gasteiger partial charge in [-0.15, -0.1) is 13.2 Å². The SMILES string of the molecule is CC#CC(=O)N1CC2(CC(n3nc(-c4ccc(OC(C)C)cc4)c(C(N)=O)c3N)C2)C1.CC#CC(=O)N1CC2(CC(n3nc(-c4ccc(OC(F)(F)F)cc4)c(C(N)=O)c3N)C2)C1.CC#CC(=O)N1CC2(CC(n3nc(-c4ccc(OCCC)cc4)c(C(N)=O)c3N)C2)C1. The van der Waals surface area contributed by atoms with Gasteiger partial charge in [0.05, 0.1) is 30.8 Å². The van der Waals surface area contributed by atoms with E-state index in [1.165, 1.54) is 16.8 Å². The molecule has 94 heavy (non-hydrogen) atoms. The Bertz CT molecular complexity index is 4120. The van der Waals surface area contributed by atoms with E-state index < -0.39 is 29.8 Å². The van der Waals surface area contributed by atoms with E-state index in [1.54, 1.807) is 44.8 Å². The molecule has 12 N–H and O–H groups in total. The van der Waals surface area contributed by atoms with Gasteiger partial charge in [0.15, 0.2) is 0 Å². The smallest absolute Gasteiger partial charge is 0.494 e. The zero-order valence-corrected chi connectivity index (χ0v) is 52.9. The first-order valence-corrected chi connectivity index (χ1v) is 30.7. The molecular formula is C67H74F3N15O9. The number of alkyl halides is 3. The molecule has 24 nitrogen and oxygen atoms in total. The van der Waals surface area contributed by atoms with Gasteiger partial charge in [-0.1, -0.05) is 24.7 Å². The summed E-state index contributed by atoms with van der Waals surface area (Å²) in [5, 5.41) is 13.8.